The van der Waals surface area contributed by atoms with Gasteiger partial charge in [-0.25, -0.2) is 5.43 Å². The zero-order chi connectivity index (χ0) is 19.9. The number of carbonyl (C=O) groups is 2. The minimum Gasteiger partial charge on any atom is -0.322 e. The van der Waals surface area contributed by atoms with Crippen molar-refractivity contribution in [1.29, 1.82) is 0 Å². The number of hydrogen-bond donors (Lipinski definition) is 2. The molecule has 0 bridgehead atoms. The van der Waals surface area contributed by atoms with Gasteiger partial charge in [-0.05, 0) is 54.1 Å². The Kier molecular flexibility index (Phi) is 6.42. The van der Waals surface area contributed by atoms with Crippen molar-refractivity contribution in [3.63, 3.8) is 0 Å². The van der Waals surface area contributed by atoms with Crippen molar-refractivity contribution in [2.45, 2.75) is 0 Å². The van der Waals surface area contributed by atoms with E-state index in [9.17, 15) is 9.59 Å². The van der Waals surface area contributed by atoms with E-state index >= 15 is 0 Å². The van der Waals surface area contributed by atoms with Crippen LogP contribution in [0.4, 0.5) is 5.69 Å². The maximum Gasteiger partial charge on any atom is 0.271 e. The van der Waals surface area contributed by atoms with Crippen LogP contribution in [0.1, 0.15) is 26.3 Å². The SMILES string of the molecule is O=C(N/N=C\c1cccc(Cl)c1)c1ccc(NC(=O)c2ccccc2Cl)cc1. The number of amides is 2. The summed E-state index contributed by atoms with van der Waals surface area (Å²) in [5.41, 5.74) is 4.54. The second-order valence-corrected chi connectivity index (χ2v) is 6.61. The maximum absolute atomic E-state index is 12.3. The number of hydrogen-bond acceptors (Lipinski definition) is 3. The molecule has 140 valence electrons. The van der Waals surface area contributed by atoms with Crippen LogP contribution >= 0.6 is 23.2 Å². The number of halogens is 2. The van der Waals surface area contributed by atoms with E-state index in [1.807, 2.05) is 6.07 Å². The fourth-order valence-corrected chi connectivity index (χ4v) is 2.79. The Morgan fingerprint density at radius 2 is 1.61 bits per heavy atom. The van der Waals surface area contributed by atoms with Crippen LogP contribution in [0.2, 0.25) is 10.0 Å². The Balaban J connectivity index is 1.60. The molecule has 0 atom stereocenters. The van der Waals surface area contributed by atoms with Crippen molar-refractivity contribution < 1.29 is 9.59 Å². The molecule has 0 unspecified atom stereocenters. The molecule has 0 fully saturated rings. The first-order valence-electron chi connectivity index (χ1n) is 8.28. The highest BCUT2D eigenvalue weighted by Gasteiger charge is 2.10. The molecule has 0 saturated carbocycles. The van der Waals surface area contributed by atoms with Crippen LogP contribution in [0, 0.1) is 0 Å². The molecular formula is C21H15Cl2N3O2. The van der Waals surface area contributed by atoms with Gasteiger partial charge >= 0.3 is 0 Å². The first-order chi connectivity index (χ1) is 13.5. The topological polar surface area (TPSA) is 70.6 Å². The Morgan fingerprint density at radius 3 is 2.32 bits per heavy atom. The summed E-state index contributed by atoms with van der Waals surface area (Å²) in [5, 5.41) is 7.61. The molecule has 0 saturated heterocycles. The van der Waals surface area contributed by atoms with Gasteiger partial charge in [0, 0.05) is 16.3 Å². The Labute approximate surface area is 172 Å². The first kappa shape index (κ1) is 19.6. The molecule has 0 aliphatic carbocycles. The molecule has 28 heavy (non-hydrogen) atoms. The highest BCUT2D eigenvalue weighted by atomic mass is 35.5. The molecule has 0 aliphatic rings. The van der Waals surface area contributed by atoms with E-state index in [4.69, 9.17) is 23.2 Å². The lowest BCUT2D eigenvalue weighted by Crippen LogP contribution is -2.18. The van der Waals surface area contributed by atoms with Crippen molar-refractivity contribution in [1.82, 2.24) is 5.43 Å². The normalized spacial score (nSPS) is 10.6. The van der Waals surface area contributed by atoms with Gasteiger partial charge in [-0.1, -0.05) is 47.5 Å². The molecule has 7 heteroatoms. The van der Waals surface area contributed by atoms with Crippen molar-refractivity contribution >= 4 is 46.9 Å². The minimum atomic E-state index is -0.373. The van der Waals surface area contributed by atoms with E-state index in [-0.39, 0.29) is 11.8 Å². The van der Waals surface area contributed by atoms with Crippen molar-refractivity contribution in [3.05, 3.63) is 99.5 Å². The summed E-state index contributed by atoms with van der Waals surface area (Å²) in [4.78, 5) is 24.4. The molecule has 0 heterocycles. The molecule has 0 radical (unpaired) electrons. The summed E-state index contributed by atoms with van der Waals surface area (Å²) >= 11 is 11.9. The van der Waals surface area contributed by atoms with E-state index in [1.54, 1.807) is 66.7 Å². The molecule has 0 spiro atoms. The minimum absolute atomic E-state index is 0.325. The van der Waals surface area contributed by atoms with E-state index in [2.05, 4.69) is 15.8 Å². The average molecular weight is 412 g/mol. The predicted octanol–water partition coefficient (Wildman–Crippen LogP) is 5.01. The number of nitrogens with one attached hydrogen (secondary N) is 2. The third-order valence-electron chi connectivity index (χ3n) is 3.75. The third-order valence-corrected chi connectivity index (χ3v) is 4.32. The lowest BCUT2D eigenvalue weighted by molar-refractivity contribution is 0.0954. The van der Waals surface area contributed by atoms with Gasteiger partial charge in [-0.3, -0.25) is 9.59 Å². The van der Waals surface area contributed by atoms with E-state index < -0.39 is 0 Å². The highest BCUT2D eigenvalue weighted by molar-refractivity contribution is 6.34. The summed E-state index contributed by atoms with van der Waals surface area (Å²) in [6, 6.07) is 20.3. The largest absolute Gasteiger partial charge is 0.322 e. The van der Waals surface area contributed by atoms with Gasteiger partial charge < -0.3 is 5.32 Å². The van der Waals surface area contributed by atoms with Gasteiger partial charge in [0.1, 0.15) is 0 Å². The van der Waals surface area contributed by atoms with Gasteiger partial charge in [0.25, 0.3) is 11.8 Å². The van der Waals surface area contributed by atoms with Gasteiger partial charge in [0.15, 0.2) is 0 Å². The lowest BCUT2D eigenvalue weighted by atomic mass is 10.1. The van der Waals surface area contributed by atoms with Crippen LogP contribution in [-0.4, -0.2) is 18.0 Å². The first-order valence-corrected chi connectivity index (χ1v) is 9.03. The zero-order valence-corrected chi connectivity index (χ0v) is 16.0. The lowest BCUT2D eigenvalue weighted by Gasteiger charge is -2.07. The number of carbonyl (C=O) groups excluding carboxylic acids is 2. The summed E-state index contributed by atoms with van der Waals surface area (Å²) < 4.78 is 0. The van der Waals surface area contributed by atoms with Crippen molar-refractivity contribution in [2.75, 3.05) is 5.32 Å². The van der Waals surface area contributed by atoms with Crippen LogP contribution in [0.15, 0.2) is 77.9 Å². The summed E-state index contributed by atoms with van der Waals surface area (Å²) in [5.74, 6) is -0.698. The Morgan fingerprint density at radius 1 is 0.857 bits per heavy atom. The van der Waals surface area contributed by atoms with Crippen LogP contribution < -0.4 is 10.7 Å². The number of benzene rings is 3. The van der Waals surface area contributed by atoms with Crippen molar-refractivity contribution in [2.24, 2.45) is 5.10 Å². The second-order valence-electron chi connectivity index (χ2n) is 5.77. The Bertz CT molecular complexity index is 1030. The molecule has 2 amide bonds. The molecule has 3 aromatic carbocycles. The van der Waals surface area contributed by atoms with Crippen LogP contribution in [0.5, 0.6) is 0 Å². The smallest absolute Gasteiger partial charge is 0.271 e. The van der Waals surface area contributed by atoms with Crippen LogP contribution in [0.3, 0.4) is 0 Å². The summed E-state index contributed by atoms with van der Waals surface area (Å²) in [6.45, 7) is 0. The van der Waals surface area contributed by atoms with Crippen LogP contribution in [0.25, 0.3) is 0 Å². The molecule has 0 aliphatic heterocycles. The highest BCUT2D eigenvalue weighted by Crippen LogP contribution is 2.17. The van der Waals surface area contributed by atoms with E-state index in [0.29, 0.717) is 26.9 Å². The predicted molar refractivity (Wildman–Crippen MR) is 112 cm³/mol. The second kappa shape index (κ2) is 9.17. The fraction of sp³-hybridized carbons (Fsp3) is 0. The number of anilines is 1. The molecule has 3 aromatic rings. The van der Waals surface area contributed by atoms with Crippen molar-refractivity contribution in [3.8, 4) is 0 Å². The molecule has 3 rings (SSSR count). The third kappa shape index (κ3) is 5.19. The quantitative estimate of drug-likeness (QED) is 0.457. The molecule has 0 aromatic heterocycles. The van der Waals surface area contributed by atoms with E-state index in [0.717, 1.165) is 5.56 Å². The van der Waals surface area contributed by atoms with Crippen LogP contribution in [-0.2, 0) is 0 Å². The van der Waals surface area contributed by atoms with Gasteiger partial charge in [0.2, 0.25) is 0 Å². The molecular weight excluding hydrogens is 397 g/mol. The molecule has 2 N–H and O–H groups in total. The summed E-state index contributed by atoms with van der Waals surface area (Å²) in [7, 11) is 0. The van der Waals surface area contributed by atoms with Gasteiger partial charge in [-0.2, -0.15) is 5.10 Å². The fourth-order valence-electron chi connectivity index (χ4n) is 2.37. The standard InChI is InChI=1S/C21H15Cl2N3O2/c22-16-5-3-4-14(12-16)13-24-26-20(27)15-8-10-17(11-9-15)25-21(28)18-6-1-2-7-19(18)23/h1-13H,(H,25,28)(H,26,27)/b24-13-. The number of rotatable bonds is 5. The van der Waals surface area contributed by atoms with Gasteiger partial charge in [-0.15, -0.1) is 0 Å². The average Bonchev–Trinajstić information content (AvgIpc) is 2.69. The maximum atomic E-state index is 12.3. The monoisotopic (exact) mass is 411 g/mol. The number of hydrazone groups is 1. The van der Waals surface area contributed by atoms with Gasteiger partial charge in [0.05, 0.1) is 16.8 Å². The number of nitrogens with zero attached hydrogens (tertiary/aromatic N) is 1. The van der Waals surface area contributed by atoms with E-state index in [1.165, 1.54) is 6.21 Å². The summed E-state index contributed by atoms with van der Waals surface area (Å²) in [6.07, 6.45) is 1.50. The molecule has 5 nitrogen and oxygen atoms in total. The zero-order valence-electron chi connectivity index (χ0n) is 14.5. The Hall–Kier alpha value is -3.15.